The molecule has 106 valence electrons. The Kier molecular flexibility index (Phi) is 5.75. The number of nitrogens with one attached hydrogen (secondary N) is 2. The maximum atomic E-state index is 13.1. The van der Waals surface area contributed by atoms with Gasteiger partial charge in [0.1, 0.15) is 5.82 Å². The summed E-state index contributed by atoms with van der Waals surface area (Å²) in [6.45, 7) is 3.87. The number of rotatable bonds is 5. The van der Waals surface area contributed by atoms with Crippen LogP contribution in [-0.4, -0.2) is 23.3 Å². The molecule has 2 amide bonds. The SMILES string of the molecule is CCC(C)(O)CNC(=O)NCc1cc(F)cc(Br)c1. The first kappa shape index (κ1) is 15.9. The van der Waals surface area contributed by atoms with Crippen molar-refractivity contribution in [3.8, 4) is 0 Å². The third-order valence-electron chi connectivity index (χ3n) is 2.77. The zero-order valence-electron chi connectivity index (χ0n) is 11.0. The van der Waals surface area contributed by atoms with Crippen molar-refractivity contribution in [2.24, 2.45) is 0 Å². The Morgan fingerprint density at radius 1 is 1.42 bits per heavy atom. The van der Waals surface area contributed by atoms with Gasteiger partial charge in [-0.15, -0.1) is 0 Å². The van der Waals surface area contributed by atoms with E-state index in [9.17, 15) is 14.3 Å². The molecule has 1 rings (SSSR count). The Hall–Kier alpha value is -1.14. The molecule has 1 aromatic rings. The first-order valence-electron chi connectivity index (χ1n) is 6.01. The lowest BCUT2D eigenvalue weighted by Crippen LogP contribution is -2.44. The van der Waals surface area contributed by atoms with Gasteiger partial charge in [0.25, 0.3) is 0 Å². The number of benzene rings is 1. The van der Waals surface area contributed by atoms with Gasteiger partial charge in [-0.05, 0) is 37.1 Å². The average Bonchev–Trinajstić information content (AvgIpc) is 2.33. The van der Waals surface area contributed by atoms with Crippen molar-refractivity contribution >= 4 is 22.0 Å². The number of carbonyl (C=O) groups excluding carboxylic acids is 1. The van der Waals surface area contributed by atoms with Crippen LogP contribution in [0.4, 0.5) is 9.18 Å². The second kappa shape index (κ2) is 6.86. The van der Waals surface area contributed by atoms with Crippen molar-refractivity contribution in [1.82, 2.24) is 10.6 Å². The van der Waals surface area contributed by atoms with Gasteiger partial charge in [0, 0.05) is 17.6 Å². The van der Waals surface area contributed by atoms with E-state index in [2.05, 4.69) is 26.6 Å². The first-order valence-corrected chi connectivity index (χ1v) is 6.81. The number of halogens is 2. The maximum absolute atomic E-state index is 13.1. The number of hydrogen-bond donors (Lipinski definition) is 3. The van der Waals surface area contributed by atoms with Crippen LogP contribution in [0.5, 0.6) is 0 Å². The van der Waals surface area contributed by atoms with Crippen LogP contribution in [0.25, 0.3) is 0 Å². The van der Waals surface area contributed by atoms with Crippen molar-refractivity contribution in [2.45, 2.75) is 32.4 Å². The molecule has 0 saturated carbocycles. The number of amides is 2. The van der Waals surface area contributed by atoms with Gasteiger partial charge in [-0.25, -0.2) is 9.18 Å². The Balaban J connectivity index is 2.42. The molecule has 0 spiro atoms. The van der Waals surface area contributed by atoms with Crippen LogP contribution in [0.3, 0.4) is 0 Å². The van der Waals surface area contributed by atoms with Crippen LogP contribution in [0.2, 0.25) is 0 Å². The van der Waals surface area contributed by atoms with E-state index in [1.165, 1.54) is 12.1 Å². The van der Waals surface area contributed by atoms with Crippen molar-refractivity contribution in [1.29, 1.82) is 0 Å². The second-order valence-electron chi connectivity index (χ2n) is 4.66. The smallest absolute Gasteiger partial charge is 0.315 e. The molecule has 0 radical (unpaired) electrons. The largest absolute Gasteiger partial charge is 0.388 e. The molecule has 19 heavy (non-hydrogen) atoms. The molecular formula is C13H18BrFN2O2. The Morgan fingerprint density at radius 2 is 2.11 bits per heavy atom. The van der Waals surface area contributed by atoms with Crippen LogP contribution < -0.4 is 10.6 Å². The van der Waals surface area contributed by atoms with E-state index in [1.54, 1.807) is 13.0 Å². The monoisotopic (exact) mass is 332 g/mol. The Bertz CT molecular complexity index is 432. The van der Waals surface area contributed by atoms with Crippen LogP contribution in [0.15, 0.2) is 22.7 Å². The highest BCUT2D eigenvalue weighted by Gasteiger charge is 2.18. The molecule has 1 atom stereocenters. The Labute approximate surface area is 120 Å². The normalized spacial score (nSPS) is 13.7. The van der Waals surface area contributed by atoms with Crippen molar-refractivity contribution in [2.75, 3.05) is 6.54 Å². The van der Waals surface area contributed by atoms with Gasteiger partial charge in [0.2, 0.25) is 0 Å². The molecule has 0 saturated heterocycles. The number of aliphatic hydroxyl groups is 1. The summed E-state index contributed by atoms with van der Waals surface area (Å²) < 4.78 is 13.7. The van der Waals surface area contributed by atoms with Crippen molar-refractivity contribution < 1.29 is 14.3 Å². The summed E-state index contributed by atoms with van der Waals surface area (Å²) >= 11 is 3.18. The Morgan fingerprint density at radius 3 is 2.68 bits per heavy atom. The van der Waals surface area contributed by atoms with Gasteiger partial charge >= 0.3 is 6.03 Å². The fourth-order valence-corrected chi connectivity index (χ4v) is 1.87. The van der Waals surface area contributed by atoms with E-state index < -0.39 is 11.6 Å². The molecular weight excluding hydrogens is 315 g/mol. The van der Waals surface area contributed by atoms with E-state index in [4.69, 9.17) is 0 Å². The highest BCUT2D eigenvalue weighted by Crippen LogP contribution is 2.14. The summed E-state index contributed by atoms with van der Waals surface area (Å²) in [7, 11) is 0. The minimum absolute atomic E-state index is 0.169. The van der Waals surface area contributed by atoms with Gasteiger partial charge in [-0.2, -0.15) is 0 Å². The highest BCUT2D eigenvalue weighted by atomic mass is 79.9. The minimum atomic E-state index is -0.917. The number of hydrogen-bond acceptors (Lipinski definition) is 2. The van der Waals surface area contributed by atoms with Gasteiger partial charge < -0.3 is 15.7 Å². The predicted octanol–water partition coefficient (Wildman–Crippen LogP) is 2.55. The first-order chi connectivity index (χ1) is 8.82. The highest BCUT2D eigenvalue weighted by molar-refractivity contribution is 9.10. The van der Waals surface area contributed by atoms with Crippen LogP contribution in [0.1, 0.15) is 25.8 Å². The molecule has 0 aromatic heterocycles. The molecule has 0 aliphatic rings. The average molecular weight is 333 g/mol. The lowest BCUT2D eigenvalue weighted by Gasteiger charge is -2.21. The summed E-state index contributed by atoms with van der Waals surface area (Å²) in [5.41, 5.74) is -0.261. The lowest BCUT2D eigenvalue weighted by atomic mass is 10.0. The topological polar surface area (TPSA) is 61.4 Å². The summed E-state index contributed by atoms with van der Waals surface area (Å²) in [6.07, 6.45) is 0.546. The maximum Gasteiger partial charge on any atom is 0.315 e. The molecule has 0 aliphatic carbocycles. The van der Waals surface area contributed by atoms with Gasteiger partial charge in [-0.3, -0.25) is 0 Å². The minimum Gasteiger partial charge on any atom is -0.388 e. The van der Waals surface area contributed by atoms with Crippen LogP contribution in [0, 0.1) is 5.82 Å². The van der Waals surface area contributed by atoms with E-state index in [-0.39, 0.29) is 18.9 Å². The van der Waals surface area contributed by atoms with Crippen LogP contribution in [-0.2, 0) is 6.54 Å². The van der Waals surface area contributed by atoms with Gasteiger partial charge in [0.05, 0.1) is 5.60 Å². The van der Waals surface area contributed by atoms with Gasteiger partial charge in [0.15, 0.2) is 0 Å². The van der Waals surface area contributed by atoms with E-state index >= 15 is 0 Å². The molecule has 0 fully saturated rings. The van der Waals surface area contributed by atoms with E-state index in [1.807, 2.05) is 6.92 Å². The zero-order chi connectivity index (χ0) is 14.5. The van der Waals surface area contributed by atoms with E-state index in [0.29, 0.717) is 16.5 Å². The quantitative estimate of drug-likeness (QED) is 0.776. The number of carbonyl (C=O) groups is 1. The predicted molar refractivity (Wildman–Crippen MR) is 75.3 cm³/mol. The number of urea groups is 1. The third kappa shape index (κ3) is 6.02. The van der Waals surface area contributed by atoms with E-state index in [0.717, 1.165) is 0 Å². The third-order valence-corrected chi connectivity index (χ3v) is 3.22. The fraction of sp³-hybridized carbons (Fsp3) is 0.462. The lowest BCUT2D eigenvalue weighted by molar-refractivity contribution is 0.0581. The molecule has 0 heterocycles. The molecule has 0 aliphatic heterocycles. The molecule has 4 nitrogen and oxygen atoms in total. The summed E-state index contributed by atoms with van der Waals surface area (Å²) in [4.78, 5) is 11.5. The summed E-state index contributed by atoms with van der Waals surface area (Å²) in [6, 6.07) is 4.04. The standard InChI is InChI=1S/C13H18BrFN2O2/c1-3-13(2,19)8-17-12(18)16-7-9-4-10(14)6-11(15)5-9/h4-6,19H,3,7-8H2,1-2H3,(H2,16,17,18). The summed E-state index contributed by atoms with van der Waals surface area (Å²) in [5, 5.41) is 14.9. The molecule has 6 heteroatoms. The second-order valence-corrected chi connectivity index (χ2v) is 5.58. The van der Waals surface area contributed by atoms with Crippen molar-refractivity contribution in [3.05, 3.63) is 34.1 Å². The molecule has 1 unspecified atom stereocenters. The molecule has 1 aromatic carbocycles. The molecule has 0 bridgehead atoms. The fourth-order valence-electron chi connectivity index (χ4n) is 1.35. The molecule has 3 N–H and O–H groups in total. The van der Waals surface area contributed by atoms with Crippen molar-refractivity contribution in [3.63, 3.8) is 0 Å². The van der Waals surface area contributed by atoms with Crippen LogP contribution >= 0.6 is 15.9 Å². The summed E-state index contributed by atoms with van der Waals surface area (Å²) in [5.74, 6) is -0.361. The van der Waals surface area contributed by atoms with Gasteiger partial charge in [-0.1, -0.05) is 22.9 Å². The zero-order valence-corrected chi connectivity index (χ0v) is 12.6.